The summed E-state index contributed by atoms with van der Waals surface area (Å²) in [5.41, 5.74) is 1.19. The number of ether oxygens (including phenoxy) is 1. The van der Waals surface area contributed by atoms with Gasteiger partial charge in [-0.3, -0.25) is 9.59 Å². The number of nitrogens with zero attached hydrogens (tertiary/aromatic N) is 2. The molecule has 8 nitrogen and oxygen atoms in total. The molecule has 1 aliphatic heterocycles. The summed E-state index contributed by atoms with van der Waals surface area (Å²) < 4.78 is 5.44. The lowest BCUT2D eigenvalue weighted by Crippen LogP contribution is -2.55. The molecule has 2 fully saturated rings. The minimum Gasteiger partial charge on any atom is -0.445 e. The molecule has 2 aromatic rings. The second-order valence-corrected chi connectivity index (χ2v) is 9.57. The van der Waals surface area contributed by atoms with Gasteiger partial charge in [0.1, 0.15) is 12.6 Å². The number of carbonyl (C=O) groups is 3. The lowest BCUT2D eigenvalue weighted by molar-refractivity contribution is -0.139. The molecule has 2 aliphatic rings. The van der Waals surface area contributed by atoms with Crippen molar-refractivity contribution < 1.29 is 24.2 Å². The van der Waals surface area contributed by atoms with Gasteiger partial charge in [-0.2, -0.15) is 0 Å². The van der Waals surface area contributed by atoms with E-state index in [2.05, 4.69) is 5.32 Å². The molecule has 1 saturated carbocycles. The number of amides is 3. The van der Waals surface area contributed by atoms with Crippen molar-refractivity contribution in [3.8, 4) is 0 Å². The number of hydrogen-bond donors (Lipinski definition) is 2. The van der Waals surface area contributed by atoms with Crippen molar-refractivity contribution >= 4 is 17.9 Å². The lowest BCUT2D eigenvalue weighted by Gasteiger charge is -2.32. The van der Waals surface area contributed by atoms with E-state index in [1.807, 2.05) is 60.7 Å². The van der Waals surface area contributed by atoms with Crippen LogP contribution in [0.15, 0.2) is 60.7 Å². The van der Waals surface area contributed by atoms with Crippen LogP contribution in [0.3, 0.4) is 0 Å². The van der Waals surface area contributed by atoms with Crippen LogP contribution >= 0.6 is 0 Å². The molecule has 1 atom stereocenters. The molecular weight excluding hydrogens is 458 g/mol. The van der Waals surface area contributed by atoms with Crippen molar-refractivity contribution in [1.29, 1.82) is 0 Å². The maximum atomic E-state index is 13.5. The first kappa shape index (κ1) is 25.7. The van der Waals surface area contributed by atoms with Crippen LogP contribution in [0, 0.1) is 0 Å². The fourth-order valence-corrected chi connectivity index (χ4v) is 5.22. The first-order valence-electron chi connectivity index (χ1n) is 12.8. The fourth-order valence-electron chi connectivity index (χ4n) is 5.22. The van der Waals surface area contributed by atoms with Gasteiger partial charge in [-0.15, -0.1) is 0 Å². The Kier molecular flexibility index (Phi) is 8.59. The second-order valence-electron chi connectivity index (χ2n) is 9.57. The van der Waals surface area contributed by atoms with Crippen molar-refractivity contribution in [1.82, 2.24) is 15.1 Å². The highest BCUT2D eigenvalue weighted by Crippen LogP contribution is 2.41. The van der Waals surface area contributed by atoms with E-state index >= 15 is 0 Å². The summed E-state index contributed by atoms with van der Waals surface area (Å²) in [6.45, 7) is 1.28. The quantitative estimate of drug-likeness (QED) is 0.618. The van der Waals surface area contributed by atoms with E-state index in [0.717, 1.165) is 36.8 Å². The van der Waals surface area contributed by atoms with Gasteiger partial charge in [-0.25, -0.2) is 4.79 Å². The van der Waals surface area contributed by atoms with Crippen molar-refractivity contribution in [2.24, 2.45) is 0 Å². The number of rotatable bonds is 7. The van der Waals surface area contributed by atoms with Crippen molar-refractivity contribution in [2.75, 3.05) is 32.8 Å². The topological polar surface area (TPSA) is 99.2 Å². The summed E-state index contributed by atoms with van der Waals surface area (Å²) in [5.74, 6) is -0.536. The molecule has 8 heteroatoms. The van der Waals surface area contributed by atoms with Crippen LogP contribution in [0.2, 0.25) is 0 Å². The van der Waals surface area contributed by atoms with Gasteiger partial charge in [-0.1, -0.05) is 73.5 Å². The fraction of sp³-hybridized carbons (Fsp3) is 0.464. The van der Waals surface area contributed by atoms with Gasteiger partial charge in [0, 0.05) is 26.2 Å². The Balaban J connectivity index is 1.34. The van der Waals surface area contributed by atoms with Crippen LogP contribution in [0.25, 0.3) is 0 Å². The summed E-state index contributed by atoms with van der Waals surface area (Å²) in [4.78, 5) is 42.5. The maximum Gasteiger partial charge on any atom is 0.410 e. The number of aliphatic hydroxyl groups excluding tert-OH is 1. The van der Waals surface area contributed by atoms with E-state index in [1.54, 1.807) is 9.80 Å². The highest BCUT2D eigenvalue weighted by molar-refractivity contribution is 5.93. The minimum absolute atomic E-state index is 0.195. The molecule has 0 bridgehead atoms. The molecule has 0 spiro atoms. The van der Waals surface area contributed by atoms with Crippen LogP contribution < -0.4 is 5.32 Å². The van der Waals surface area contributed by atoms with Gasteiger partial charge in [0.25, 0.3) is 0 Å². The molecule has 0 aromatic heterocycles. The number of carbonyl (C=O) groups excluding carboxylic acids is 3. The molecular formula is C28H35N3O5. The molecule has 2 N–H and O–H groups in total. The van der Waals surface area contributed by atoms with Crippen LogP contribution in [0.4, 0.5) is 4.79 Å². The maximum absolute atomic E-state index is 13.5. The van der Waals surface area contributed by atoms with Gasteiger partial charge >= 0.3 is 6.09 Å². The highest BCUT2D eigenvalue weighted by Gasteiger charge is 2.44. The van der Waals surface area contributed by atoms with E-state index in [1.165, 1.54) is 0 Å². The molecule has 1 unspecified atom stereocenters. The van der Waals surface area contributed by atoms with E-state index < -0.39 is 24.2 Å². The summed E-state index contributed by atoms with van der Waals surface area (Å²) in [5, 5.41) is 12.9. The third-order valence-corrected chi connectivity index (χ3v) is 7.28. The third kappa shape index (κ3) is 5.87. The van der Waals surface area contributed by atoms with Crippen molar-refractivity contribution in [2.45, 2.75) is 50.2 Å². The summed E-state index contributed by atoms with van der Waals surface area (Å²) in [6, 6.07) is 18.1. The third-order valence-electron chi connectivity index (χ3n) is 7.28. The average Bonchev–Trinajstić information content (AvgIpc) is 3.30. The van der Waals surface area contributed by atoms with Gasteiger partial charge in [0.05, 0.1) is 12.0 Å². The van der Waals surface area contributed by atoms with E-state index in [9.17, 15) is 19.5 Å². The highest BCUT2D eigenvalue weighted by atomic mass is 16.6. The zero-order valence-corrected chi connectivity index (χ0v) is 20.6. The molecule has 3 amide bonds. The standard InChI is InChI=1S/C28H35N3O5/c32-20-24(29-26(34)28(14-7-8-15-28)23-12-5-2-6-13-23)25(33)30-16-9-17-31(19-18-30)27(35)36-21-22-10-3-1-4-11-22/h1-6,10-13,24,32H,7-9,14-21H2,(H,29,34). The normalized spacial score (nSPS) is 18.2. The number of nitrogens with one attached hydrogen (secondary N) is 1. The predicted molar refractivity (Wildman–Crippen MR) is 135 cm³/mol. The molecule has 4 rings (SSSR count). The minimum atomic E-state index is -1.02. The Morgan fingerprint density at radius 1 is 0.861 bits per heavy atom. The van der Waals surface area contributed by atoms with Crippen molar-refractivity contribution in [3.63, 3.8) is 0 Å². The van der Waals surface area contributed by atoms with E-state index in [0.29, 0.717) is 32.6 Å². The molecule has 0 radical (unpaired) electrons. The Hall–Kier alpha value is -3.39. The first-order valence-corrected chi connectivity index (χ1v) is 12.8. The van der Waals surface area contributed by atoms with Crippen LogP contribution in [-0.4, -0.2) is 71.6 Å². The first-order chi connectivity index (χ1) is 17.5. The summed E-state index contributed by atoms with van der Waals surface area (Å²) >= 11 is 0. The van der Waals surface area contributed by atoms with Crippen LogP contribution in [-0.2, 0) is 26.3 Å². The second kappa shape index (κ2) is 12.0. The molecule has 192 valence electrons. The zero-order valence-electron chi connectivity index (χ0n) is 20.6. The Labute approximate surface area is 212 Å². The smallest absolute Gasteiger partial charge is 0.410 e. The van der Waals surface area contributed by atoms with E-state index in [-0.39, 0.29) is 18.4 Å². The average molecular weight is 494 g/mol. The van der Waals surface area contributed by atoms with E-state index in [4.69, 9.17) is 4.74 Å². The monoisotopic (exact) mass is 493 g/mol. The summed E-state index contributed by atoms with van der Waals surface area (Å²) in [7, 11) is 0. The molecule has 1 saturated heterocycles. The molecule has 36 heavy (non-hydrogen) atoms. The Morgan fingerprint density at radius 2 is 1.47 bits per heavy atom. The van der Waals surface area contributed by atoms with Crippen LogP contribution in [0.1, 0.15) is 43.2 Å². The largest absolute Gasteiger partial charge is 0.445 e. The molecule has 1 aliphatic carbocycles. The van der Waals surface area contributed by atoms with Gasteiger partial charge < -0.3 is 25.0 Å². The Morgan fingerprint density at radius 3 is 2.14 bits per heavy atom. The Bertz CT molecular complexity index is 1020. The number of benzene rings is 2. The predicted octanol–water partition coefficient (Wildman–Crippen LogP) is 2.85. The number of hydrogen-bond acceptors (Lipinski definition) is 5. The van der Waals surface area contributed by atoms with Gasteiger partial charge in [0.15, 0.2) is 0 Å². The van der Waals surface area contributed by atoms with Gasteiger partial charge in [0.2, 0.25) is 11.8 Å². The lowest BCUT2D eigenvalue weighted by atomic mass is 9.78. The SMILES string of the molecule is O=C(OCc1ccccc1)N1CCCN(C(=O)C(CO)NC(=O)C2(c3ccccc3)CCCC2)CC1. The van der Waals surface area contributed by atoms with Crippen LogP contribution in [0.5, 0.6) is 0 Å². The summed E-state index contributed by atoms with van der Waals surface area (Å²) in [6.07, 6.45) is 3.51. The number of aliphatic hydroxyl groups is 1. The van der Waals surface area contributed by atoms with Gasteiger partial charge in [-0.05, 0) is 30.4 Å². The molecule has 2 aromatic carbocycles. The zero-order chi connectivity index (χ0) is 25.4. The van der Waals surface area contributed by atoms with Crippen molar-refractivity contribution in [3.05, 3.63) is 71.8 Å². The molecule has 1 heterocycles.